The van der Waals surface area contributed by atoms with Crippen LogP contribution in [0, 0.1) is 12.8 Å². The molecule has 0 saturated carbocycles. The van der Waals surface area contributed by atoms with Crippen molar-refractivity contribution < 1.29 is 27.4 Å². The topological polar surface area (TPSA) is 117 Å². The highest BCUT2D eigenvalue weighted by atomic mass is 32.2. The zero-order valence-corrected chi connectivity index (χ0v) is 25.7. The largest absolute Gasteiger partial charge is 0.454 e. The molecule has 2 unspecified atom stereocenters. The average molecular weight is 622 g/mol. The summed E-state index contributed by atoms with van der Waals surface area (Å²) in [6.45, 7) is 3.74. The summed E-state index contributed by atoms with van der Waals surface area (Å²) in [4.78, 5) is 2.79. The zero-order chi connectivity index (χ0) is 29.8. The van der Waals surface area contributed by atoms with Crippen molar-refractivity contribution in [2.45, 2.75) is 93.3 Å². The van der Waals surface area contributed by atoms with E-state index in [9.17, 15) is 8.42 Å². The van der Waals surface area contributed by atoms with Gasteiger partial charge in [0.1, 0.15) is 11.9 Å². The van der Waals surface area contributed by atoms with Crippen LogP contribution in [-0.2, 0) is 19.5 Å². The summed E-state index contributed by atoms with van der Waals surface area (Å²) in [6.07, 6.45) is 6.83. The lowest BCUT2D eigenvalue weighted by Crippen LogP contribution is -2.45. The van der Waals surface area contributed by atoms with Gasteiger partial charge in [-0.2, -0.15) is 0 Å². The van der Waals surface area contributed by atoms with E-state index >= 15 is 0 Å². The number of fused-ring (bicyclic) bond motifs is 4. The highest BCUT2D eigenvalue weighted by Crippen LogP contribution is 2.46. The Labute approximate surface area is 257 Å². The molecule has 4 saturated heterocycles. The van der Waals surface area contributed by atoms with Crippen molar-refractivity contribution in [3.63, 3.8) is 0 Å². The highest BCUT2D eigenvalue weighted by Gasteiger charge is 2.45. The predicted octanol–water partition coefficient (Wildman–Crippen LogP) is 4.42. The molecular formula is C32H39N5O6S. The van der Waals surface area contributed by atoms with E-state index in [1.54, 1.807) is 12.1 Å². The van der Waals surface area contributed by atoms with Gasteiger partial charge in [-0.3, -0.25) is 4.90 Å². The zero-order valence-electron chi connectivity index (χ0n) is 24.9. The maximum atomic E-state index is 13.6. The second kappa shape index (κ2) is 11.4. The summed E-state index contributed by atoms with van der Waals surface area (Å²) in [5.41, 5.74) is 0.953. The van der Waals surface area contributed by atoms with Crippen molar-refractivity contribution >= 4 is 10.0 Å². The summed E-state index contributed by atoms with van der Waals surface area (Å²) < 4.78 is 55.4. The van der Waals surface area contributed by atoms with Gasteiger partial charge in [0.15, 0.2) is 23.6 Å². The van der Waals surface area contributed by atoms with Crippen LogP contribution < -0.4 is 14.2 Å². The fourth-order valence-corrected chi connectivity index (χ4v) is 9.35. The Morgan fingerprint density at radius 2 is 1.75 bits per heavy atom. The molecule has 3 aromatic rings. The Morgan fingerprint density at radius 1 is 0.955 bits per heavy atom. The number of aromatic nitrogens is 3. The van der Waals surface area contributed by atoms with E-state index < -0.39 is 10.0 Å². The van der Waals surface area contributed by atoms with Crippen LogP contribution in [0.5, 0.6) is 11.5 Å². The smallest absolute Gasteiger partial charge is 0.241 e. The minimum atomic E-state index is -3.80. The van der Waals surface area contributed by atoms with Crippen LogP contribution in [0.3, 0.4) is 0 Å². The second-order valence-electron chi connectivity index (χ2n) is 12.8. The molecule has 5 aliphatic heterocycles. The van der Waals surface area contributed by atoms with Crippen molar-refractivity contribution in [1.82, 2.24) is 24.4 Å². The standard InChI is InChI=1S/C32H39N5O6S/c1-20-33-34-31(30-15-22-12-14-40-32(22)43-30)37(20)25-16-23-7-8-24(17-25)36(23)13-11-27(21-5-3-2-4-6-21)35-44(38,39)26-9-10-28-29(18-26)42-19-41-28/h2-6,9-10,18,22-25,27,30,32,35H,7-8,11-17,19H2,1H3/t22-,23?,24?,25?,27-,30-,32+/m0/s1. The molecule has 0 spiro atoms. The maximum Gasteiger partial charge on any atom is 0.241 e. The summed E-state index contributed by atoms with van der Waals surface area (Å²) in [6, 6.07) is 15.4. The third-order valence-electron chi connectivity index (χ3n) is 10.2. The van der Waals surface area contributed by atoms with E-state index in [4.69, 9.17) is 18.9 Å². The number of benzene rings is 2. The minimum Gasteiger partial charge on any atom is -0.454 e. The number of nitrogens with one attached hydrogen (secondary N) is 1. The van der Waals surface area contributed by atoms with Gasteiger partial charge in [0, 0.05) is 42.7 Å². The molecule has 0 amide bonds. The molecule has 11 nitrogen and oxygen atoms in total. The van der Waals surface area contributed by atoms with E-state index in [-0.39, 0.29) is 30.1 Å². The molecular weight excluding hydrogens is 582 g/mol. The molecule has 0 aliphatic carbocycles. The SMILES string of the molecule is Cc1nnc([C@@H]2C[C@@H]3CCO[C@@H]3O2)n1C1CC2CCC(C1)N2CC[C@H](NS(=O)(=O)c1ccc2c(c1)OCO2)c1ccccc1. The van der Waals surface area contributed by atoms with Crippen LogP contribution in [0.2, 0.25) is 0 Å². The van der Waals surface area contributed by atoms with Crippen LogP contribution in [0.15, 0.2) is 53.4 Å². The van der Waals surface area contributed by atoms with Gasteiger partial charge in [0.05, 0.1) is 11.5 Å². The molecule has 5 aliphatic rings. The molecule has 0 radical (unpaired) electrons. The molecule has 6 heterocycles. The van der Waals surface area contributed by atoms with E-state index in [1.807, 2.05) is 37.3 Å². The van der Waals surface area contributed by atoms with Crippen LogP contribution in [0.4, 0.5) is 0 Å². The van der Waals surface area contributed by atoms with Gasteiger partial charge in [0.25, 0.3) is 0 Å². The first-order valence-electron chi connectivity index (χ1n) is 15.8. The van der Waals surface area contributed by atoms with Crippen molar-refractivity contribution in [3.05, 3.63) is 65.7 Å². The summed E-state index contributed by atoms with van der Waals surface area (Å²) in [7, 11) is -3.80. The second-order valence-corrected chi connectivity index (χ2v) is 14.5. The van der Waals surface area contributed by atoms with E-state index in [2.05, 4.69) is 24.4 Å². The minimum absolute atomic E-state index is 0.0633. The molecule has 2 bridgehead atoms. The summed E-state index contributed by atoms with van der Waals surface area (Å²) in [5, 5.41) is 9.09. The van der Waals surface area contributed by atoms with Gasteiger partial charge in [-0.05, 0) is 69.6 Å². The van der Waals surface area contributed by atoms with Gasteiger partial charge >= 0.3 is 0 Å². The average Bonchev–Trinajstić information content (AvgIpc) is 3.84. The molecule has 2 aromatic carbocycles. The molecule has 8 rings (SSSR count). The lowest BCUT2D eigenvalue weighted by Gasteiger charge is -2.40. The molecule has 4 fully saturated rings. The lowest BCUT2D eigenvalue weighted by atomic mass is 9.95. The third kappa shape index (κ3) is 5.20. The number of rotatable bonds is 9. The summed E-state index contributed by atoms with van der Waals surface area (Å²) >= 11 is 0. The number of hydrogen-bond acceptors (Lipinski definition) is 9. The highest BCUT2D eigenvalue weighted by molar-refractivity contribution is 7.89. The Morgan fingerprint density at radius 3 is 2.55 bits per heavy atom. The van der Waals surface area contributed by atoms with Crippen molar-refractivity contribution in [2.75, 3.05) is 19.9 Å². The Kier molecular flexibility index (Phi) is 7.37. The molecule has 1 aromatic heterocycles. The lowest BCUT2D eigenvalue weighted by molar-refractivity contribution is -0.120. The number of sulfonamides is 1. The third-order valence-corrected chi connectivity index (χ3v) is 11.7. The van der Waals surface area contributed by atoms with Gasteiger partial charge in [-0.25, -0.2) is 13.1 Å². The normalized spacial score (nSPS) is 30.1. The fourth-order valence-electron chi connectivity index (χ4n) is 8.08. The number of aryl methyl sites for hydroxylation is 1. The number of nitrogens with zero attached hydrogens (tertiary/aromatic N) is 4. The Bertz CT molecular complexity index is 1590. The van der Waals surface area contributed by atoms with Crippen LogP contribution >= 0.6 is 0 Å². The number of ether oxygens (including phenoxy) is 4. The molecule has 6 atom stereocenters. The monoisotopic (exact) mass is 621 g/mol. The van der Waals surface area contributed by atoms with Crippen LogP contribution in [-0.4, -0.2) is 66.4 Å². The van der Waals surface area contributed by atoms with Gasteiger partial charge in [-0.1, -0.05) is 30.3 Å². The van der Waals surface area contributed by atoms with Crippen molar-refractivity contribution in [3.8, 4) is 11.5 Å². The first-order valence-corrected chi connectivity index (χ1v) is 17.3. The van der Waals surface area contributed by atoms with E-state index in [0.717, 1.165) is 68.9 Å². The first-order chi connectivity index (χ1) is 21.4. The van der Waals surface area contributed by atoms with Crippen molar-refractivity contribution in [1.29, 1.82) is 0 Å². The number of hydrogen-bond donors (Lipinski definition) is 1. The molecule has 1 N–H and O–H groups in total. The Hall–Kier alpha value is -3.03. The predicted molar refractivity (Wildman–Crippen MR) is 160 cm³/mol. The number of piperidine rings is 1. The first kappa shape index (κ1) is 28.4. The van der Waals surface area contributed by atoms with Crippen LogP contribution in [0.1, 0.15) is 80.3 Å². The van der Waals surface area contributed by atoms with E-state index in [0.29, 0.717) is 42.0 Å². The quantitative estimate of drug-likeness (QED) is 0.371. The van der Waals surface area contributed by atoms with Gasteiger partial charge < -0.3 is 23.5 Å². The summed E-state index contributed by atoms with van der Waals surface area (Å²) in [5.74, 6) is 3.35. The fraction of sp³-hybridized carbons (Fsp3) is 0.562. The Balaban J connectivity index is 0.970. The van der Waals surface area contributed by atoms with Gasteiger partial charge in [-0.15, -0.1) is 10.2 Å². The van der Waals surface area contributed by atoms with Crippen molar-refractivity contribution in [2.24, 2.45) is 5.92 Å². The molecule has 12 heteroatoms. The molecule has 234 valence electrons. The maximum absolute atomic E-state index is 13.6. The van der Waals surface area contributed by atoms with Gasteiger partial charge in [0.2, 0.25) is 16.8 Å². The van der Waals surface area contributed by atoms with Crippen LogP contribution in [0.25, 0.3) is 0 Å². The molecule has 44 heavy (non-hydrogen) atoms. The van der Waals surface area contributed by atoms with E-state index in [1.165, 1.54) is 6.07 Å².